The van der Waals surface area contributed by atoms with Gasteiger partial charge < -0.3 is 36.8 Å². The molecule has 8 N–H and O–H groups in total. The van der Waals surface area contributed by atoms with Crippen LogP contribution in [0.4, 0.5) is 0 Å². The average Bonchev–Trinajstić information content (AvgIpc) is 3.40. The number of esters is 1. The number of carbonyl (C=O) groups excluding carboxylic acids is 3. The molecule has 0 bridgehead atoms. The van der Waals surface area contributed by atoms with Crippen LogP contribution in [0, 0.1) is 0 Å². The molecule has 10 heteroatoms. The largest absolute Gasteiger partial charge is 0.467 e. The molecule has 2 rings (SSSR count). The van der Waals surface area contributed by atoms with Gasteiger partial charge >= 0.3 is 5.97 Å². The van der Waals surface area contributed by atoms with E-state index >= 15 is 0 Å². The summed E-state index contributed by atoms with van der Waals surface area (Å²) in [7, 11) is 1.28. The molecule has 0 fully saturated rings. The summed E-state index contributed by atoms with van der Waals surface area (Å²) < 4.78 is 4.75. The minimum Gasteiger partial charge on any atom is -0.467 e. The van der Waals surface area contributed by atoms with Crippen molar-refractivity contribution in [3.05, 3.63) is 47.0 Å². The zero-order chi connectivity index (χ0) is 21.2. The third-order valence-corrected chi connectivity index (χ3v) is 4.38. The number of hydrogen-bond donors (Lipinski definition) is 6. The Morgan fingerprint density at radius 2 is 1.66 bits per heavy atom. The first-order valence-corrected chi connectivity index (χ1v) is 9.41. The molecule has 2 heterocycles. The lowest BCUT2D eigenvalue weighted by molar-refractivity contribution is -0.143. The highest BCUT2D eigenvalue weighted by Crippen LogP contribution is 2.07. The first-order chi connectivity index (χ1) is 14.0. The zero-order valence-electron chi connectivity index (χ0n) is 16.4. The van der Waals surface area contributed by atoms with Gasteiger partial charge in [0.15, 0.2) is 0 Å². The van der Waals surface area contributed by atoms with Crippen molar-refractivity contribution in [1.82, 2.24) is 20.6 Å². The Bertz CT molecular complexity index is 828. The highest BCUT2D eigenvalue weighted by Gasteiger charge is 2.22. The average molecular weight is 404 g/mol. The minimum absolute atomic E-state index is 0.208. The number of amides is 2. The highest BCUT2D eigenvalue weighted by atomic mass is 16.5. The molecule has 2 aromatic heterocycles. The van der Waals surface area contributed by atoms with Gasteiger partial charge in [0.05, 0.1) is 13.7 Å². The summed E-state index contributed by atoms with van der Waals surface area (Å²) in [5.74, 6) is -1.21. The van der Waals surface area contributed by atoms with E-state index in [2.05, 4.69) is 20.6 Å². The lowest BCUT2D eigenvalue weighted by Crippen LogP contribution is -2.41. The highest BCUT2D eigenvalue weighted by molar-refractivity contribution is 5.95. The molecule has 0 aromatic carbocycles. The van der Waals surface area contributed by atoms with Crippen molar-refractivity contribution >= 4 is 17.8 Å². The van der Waals surface area contributed by atoms with Gasteiger partial charge in [-0.25, -0.2) is 4.79 Å². The Hall–Kier alpha value is -3.11. The van der Waals surface area contributed by atoms with E-state index in [4.69, 9.17) is 16.2 Å². The number of H-pyrrole nitrogens is 2. The third-order valence-electron chi connectivity index (χ3n) is 4.38. The third kappa shape index (κ3) is 6.47. The molecule has 158 valence electrons. The Balaban J connectivity index is 1.90. The number of nitrogens with two attached hydrogens (primary N) is 2. The number of ether oxygens (including phenoxy) is 1. The topological polar surface area (TPSA) is 168 Å². The maximum atomic E-state index is 12.4. The van der Waals surface area contributed by atoms with Gasteiger partial charge in [-0.2, -0.15) is 0 Å². The van der Waals surface area contributed by atoms with Crippen LogP contribution >= 0.6 is 0 Å². The molecule has 0 saturated heterocycles. The maximum absolute atomic E-state index is 12.4. The van der Waals surface area contributed by atoms with Crippen LogP contribution in [0.1, 0.15) is 51.6 Å². The number of rotatable bonds is 11. The molecule has 0 spiro atoms. The van der Waals surface area contributed by atoms with Crippen LogP contribution in [0.5, 0.6) is 0 Å². The van der Waals surface area contributed by atoms with Gasteiger partial charge in [0.25, 0.3) is 11.8 Å². The summed E-state index contributed by atoms with van der Waals surface area (Å²) in [5.41, 5.74) is 13.1. The second-order valence-corrected chi connectivity index (χ2v) is 6.51. The smallest absolute Gasteiger partial charge is 0.328 e. The number of nitrogens with one attached hydrogen (secondary N) is 4. The molecule has 29 heavy (non-hydrogen) atoms. The summed E-state index contributed by atoms with van der Waals surface area (Å²) in [6.45, 7) is 1.05. The Kier molecular flexibility index (Phi) is 8.44. The van der Waals surface area contributed by atoms with E-state index < -0.39 is 17.9 Å². The van der Waals surface area contributed by atoms with Gasteiger partial charge in [-0.05, 0) is 50.1 Å². The molecule has 0 saturated carbocycles. The van der Waals surface area contributed by atoms with Crippen molar-refractivity contribution in [2.45, 2.75) is 38.4 Å². The fourth-order valence-corrected chi connectivity index (χ4v) is 2.76. The van der Waals surface area contributed by atoms with E-state index in [-0.39, 0.29) is 18.1 Å². The molecule has 1 atom stereocenters. The molecular formula is C19H28N6O4. The number of hydrogen-bond acceptors (Lipinski definition) is 6. The molecule has 0 aliphatic rings. The Morgan fingerprint density at radius 1 is 1.00 bits per heavy atom. The molecule has 2 amide bonds. The number of methoxy groups -OCH3 is 1. The molecule has 0 radical (unpaired) electrons. The van der Waals surface area contributed by atoms with Crippen molar-refractivity contribution < 1.29 is 19.1 Å². The number of carbonyl (C=O) groups is 3. The van der Waals surface area contributed by atoms with Gasteiger partial charge in [0.1, 0.15) is 17.4 Å². The summed E-state index contributed by atoms with van der Waals surface area (Å²) in [6.07, 6.45) is 1.90. The molecule has 0 aliphatic carbocycles. The Morgan fingerprint density at radius 3 is 2.28 bits per heavy atom. The predicted molar refractivity (Wildman–Crippen MR) is 107 cm³/mol. The SMILES string of the molecule is COC(=O)[C@H](CCCCN)NC(=O)c1ccc(CNC(=O)c2ccc(CN)[nH]2)[nH]1. The van der Waals surface area contributed by atoms with E-state index in [9.17, 15) is 14.4 Å². The van der Waals surface area contributed by atoms with Crippen molar-refractivity contribution in [3.63, 3.8) is 0 Å². The second-order valence-electron chi connectivity index (χ2n) is 6.51. The first kappa shape index (κ1) is 22.2. The summed E-state index contributed by atoms with van der Waals surface area (Å²) in [5, 5.41) is 5.41. The van der Waals surface area contributed by atoms with Crippen LogP contribution in [-0.4, -0.2) is 47.4 Å². The summed E-state index contributed by atoms with van der Waals surface area (Å²) in [6, 6.07) is 5.94. The predicted octanol–water partition coefficient (Wildman–Crippen LogP) is 0.132. The normalized spacial score (nSPS) is 11.7. The zero-order valence-corrected chi connectivity index (χ0v) is 16.4. The fourth-order valence-electron chi connectivity index (χ4n) is 2.76. The van der Waals surface area contributed by atoms with Crippen molar-refractivity contribution in [2.24, 2.45) is 11.5 Å². The summed E-state index contributed by atoms with van der Waals surface area (Å²) >= 11 is 0. The van der Waals surface area contributed by atoms with Gasteiger partial charge in [-0.1, -0.05) is 0 Å². The van der Waals surface area contributed by atoms with Crippen LogP contribution in [-0.2, 0) is 22.6 Å². The molecule has 0 aliphatic heterocycles. The van der Waals surface area contributed by atoms with Crippen LogP contribution in [0.2, 0.25) is 0 Å². The van der Waals surface area contributed by atoms with Crippen molar-refractivity contribution in [1.29, 1.82) is 0 Å². The molecular weight excluding hydrogens is 376 g/mol. The molecule has 10 nitrogen and oxygen atoms in total. The van der Waals surface area contributed by atoms with E-state index in [0.717, 1.165) is 12.1 Å². The number of aromatic nitrogens is 2. The molecule has 0 unspecified atom stereocenters. The number of aromatic amines is 2. The van der Waals surface area contributed by atoms with Gasteiger partial charge in [-0.3, -0.25) is 9.59 Å². The van der Waals surface area contributed by atoms with Gasteiger partial charge in [0.2, 0.25) is 0 Å². The van der Waals surface area contributed by atoms with Crippen LogP contribution in [0.3, 0.4) is 0 Å². The van der Waals surface area contributed by atoms with Crippen LogP contribution < -0.4 is 22.1 Å². The fraction of sp³-hybridized carbons (Fsp3) is 0.421. The first-order valence-electron chi connectivity index (χ1n) is 9.41. The van der Waals surface area contributed by atoms with Crippen molar-refractivity contribution in [2.75, 3.05) is 13.7 Å². The van der Waals surface area contributed by atoms with Crippen LogP contribution in [0.15, 0.2) is 24.3 Å². The van der Waals surface area contributed by atoms with Gasteiger partial charge in [0, 0.05) is 17.9 Å². The summed E-state index contributed by atoms with van der Waals surface area (Å²) in [4.78, 5) is 42.3. The van der Waals surface area contributed by atoms with Crippen molar-refractivity contribution in [3.8, 4) is 0 Å². The van der Waals surface area contributed by atoms with E-state index in [1.807, 2.05) is 0 Å². The monoisotopic (exact) mass is 404 g/mol. The minimum atomic E-state index is -0.741. The maximum Gasteiger partial charge on any atom is 0.328 e. The van der Waals surface area contributed by atoms with E-state index in [1.54, 1.807) is 24.3 Å². The molecule has 2 aromatic rings. The van der Waals surface area contributed by atoms with Crippen LogP contribution in [0.25, 0.3) is 0 Å². The van der Waals surface area contributed by atoms with E-state index in [0.29, 0.717) is 37.3 Å². The lowest BCUT2D eigenvalue weighted by atomic mass is 10.1. The number of unbranched alkanes of at least 4 members (excludes halogenated alkanes) is 1. The lowest BCUT2D eigenvalue weighted by Gasteiger charge is -2.15. The Labute approximate surface area is 168 Å². The standard InChI is InChI=1S/C19H28N6O4/c1-29-19(28)16(4-2-3-9-20)25-18(27)15-8-6-13(24-15)11-22-17(26)14-7-5-12(10-21)23-14/h5-8,16,23-24H,2-4,9-11,20-21H2,1H3,(H,22,26)(H,25,27)/t16-/m0/s1. The second kappa shape index (κ2) is 11.0. The van der Waals surface area contributed by atoms with Gasteiger partial charge in [-0.15, -0.1) is 0 Å². The quantitative estimate of drug-likeness (QED) is 0.230. The van der Waals surface area contributed by atoms with E-state index in [1.165, 1.54) is 7.11 Å².